The minimum Gasteiger partial charge on any atom is -0.497 e. The van der Waals surface area contributed by atoms with Crippen LogP contribution < -0.4 is 10.1 Å². The van der Waals surface area contributed by atoms with Crippen LogP contribution in [0.15, 0.2) is 30.5 Å². The maximum Gasteiger partial charge on any atom is 0.119 e. The van der Waals surface area contributed by atoms with E-state index in [0.29, 0.717) is 5.92 Å². The predicted molar refractivity (Wildman–Crippen MR) is 99.9 cm³/mol. The number of pyridine rings is 1. The van der Waals surface area contributed by atoms with Gasteiger partial charge in [-0.1, -0.05) is 19.8 Å². The molecular formula is C19H27ClN2O2. The highest BCUT2D eigenvalue weighted by Gasteiger charge is 2.28. The third-order valence-corrected chi connectivity index (χ3v) is 4.93. The molecule has 0 unspecified atom stereocenters. The van der Waals surface area contributed by atoms with Crippen LogP contribution in [0.5, 0.6) is 5.75 Å². The molecule has 5 heteroatoms. The highest BCUT2D eigenvalue weighted by molar-refractivity contribution is 5.85. The van der Waals surface area contributed by atoms with Crippen molar-refractivity contribution in [1.29, 1.82) is 0 Å². The van der Waals surface area contributed by atoms with Crippen molar-refractivity contribution in [3.63, 3.8) is 0 Å². The molecule has 0 saturated carbocycles. The first-order valence-corrected chi connectivity index (χ1v) is 8.57. The summed E-state index contributed by atoms with van der Waals surface area (Å²) in [5.41, 5.74) is 1.83. The third kappa shape index (κ3) is 4.00. The summed E-state index contributed by atoms with van der Waals surface area (Å²) in [6.07, 6.45) is 5.95. The topological polar surface area (TPSA) is 54.4 Å². The quantitative estimate of drug-likeness (QED) is 0.859. The fourth-order valence-electron chi connectivity index (χ4n) is 3.69. The lowest BCUT2D eigenvalue weighted by atomic mass is 9.84. The lowest BCUT2D eigenvalue weighted by Crippen LogP contribution is -2.42. The first kappa shape index (κ1) is 19.0. The molecule has 0 radical (unpaired) electrons. The fraction of sp³-hybridized carbons (Fsp3) is 0.526. The number of piperidine rings is 1. The molecule has 1 aromatic carbocycles. The first-order chi connectivity index (χ1) is 11.2. The average molecular weight is 351 g/mol. The van der Waals surface area contributed by atoms with Crippen molar-refractivity contribution >= 4 is 23.3 Å². The van der Waals surface area contributed by atoms with Crippen molar-refractivity contribution < 1.29 is 9.84 Å². The molecule has 0 amide bonds. The maximum absolute atomic E-state index is 11.0. The molecule has 1 aliphatic rings. The fourth-order valence-corrected chi connectivity index (χ4v) is 3.69. The molecular weight excluding hydrogens is 324 g/mol. The number of halogens is 1. The van der Waals surface area contributed by atoms with Crippen molar-refractivity contribution in [3.05, 3.63) is 36.0 Å². The van der Waals surface area contributed by atoms with Gasteiger partial charge >= 0.3 is 0 Å². The monoisotopic (exact) mass is 350 g/mol. The zero-order valence-corrected chi connectivity index (χ0v) is 15.2. The highest BCUT2D eigenvalue weighted by Crippen LogP contribution is 2.32. The number of nitrogens with one attached hydrogen (secondary N) is 1. The van der Waals surface area contributed by atoms with Crippen LogP contribution in [0.4, 0.5) is 0 Å². The largest absolute Gasteiger partial charge is 0.497 e. The number of benzene rings is 1. The Morgan fingerprint density at radius 3 is 2.96 bits per heavy atom. The van der Waals surface area contributed by atoms with E-state index >= 15 is 0 Å². The second kappa shape index (κ2) is 8.65. The first-order valence-electron chi connectivity index (χ1n) is 8.57. The Kier molecular flexibility index (Phi) is 6.84. The summed E-state index contributed by atoms with van der Waals surface area (Å²) in [4.78, 5) is 4.40. The molecule has 2 heterocycles. The summed E-state index contributed by atoms with van der Waals surface area (Å²) in [7, 11) is 1.66. The molecule has 4 nitrogen and oxygen atoms in total. The zero-order chi connectivity index (χ0) is 16.2. The smallest absolute Gasteiger partial charge is 0.119 e. The Bertz CT molecular complexity index is 663. The van der Waals surface area contributed by atoms with E-state index in [1.165, 1.54) is 19.3 Å². The molecule has 3 atom stereocenters. The Morgan fingerprint density at radius 2 is 2.21 bits per heavy atom. The van der Waals surface area contributed by atoms with Gasteiger partial charge in [-0.05, 0) is 55.1 Å². The summed E-state index contributed by atoms with van der Waals surface area (Å²) in [5, 5.41) is 15.4. The van der Waals surface area contributed by atoms with Crippen LogP contribution in [0.3, 0.4) is 0 Å². The summed E-state index contributed by atoms with van der Waals surface area (Å²) >= 11 is 0. The van der Waals surface area contributed by atoms with Crippen LogP contribution in [0.2, 0.25) is 0 Å². The summed E-state index contributed by atoms with van der Waals surface area (Å²) in [5.74, 6) is 1.50. The molecule has 132 valence electrons. The van der Waals surface area contributed by atoms with Gasteiger partial charge in [0.2, 0.25) is 0 Å². The number of aromatic nitrogens is 1. The van der Waals surface area contributed by atoms with E-state index in [-0.39, 0.29) is 18.4 Å². The van der Waals surface area contributed by atoms with Crippen LogP contribution in [0.25, 0.3) is 10.9 Å². The van der Waals surface area contributed by atoms with Gasteiger partial charge in [0, 0.05) is 17.6 Å². The van der Waals surface area contributed by atoms with E-state index in [2.05, 4.69) is 17.2 Å². The van der Waals surface area contributed by atoms with Crippen LogP contribution in [-0.2, 0) is 0 Å². The van der Waals surface area contributed by atoms with E-state index in [1.807, 2.05) is 24.3 Å². The summed E-state index contributed by atoms with van der Waals surface area (Å²) in [6.45, 7) is 3.22. The number of ether oxygens (including phenoxy) is 1. The molecule has 2 N–H and O–H groups in total. The van der Waals surface area contributed by atoms with Crippen molar-refractivity contribution in [2.45, 2.75) is 44.8 Å². The number of fused-ring (bicyclic) bond motifs is 1. The van der Waals surface area contributed by atoms with Crippen molar-refractivity contribution in [3.8, 4) is 5.75 Å². The molecule has 24 heavy (non-hydrogen) atoms. The van der Waals surface area contributed by atoms with E-state index in [9.17, 15) is 5.11 Å². The second-order valence-corrected chi connectivity index (χ2v) is 6.47. The Balaban J connectivity index is 0.00000208. The normalized spacial score (nSPS) is 22.0. The Labute approximate surface area is 150 Å². The standard InChI is InChI=1S/C19H26N2O2.ClH/c1-3-4-13-7-9-21-18(11-13)19(22)15-8-10-20-17-6-5-14(23-2)12-16(15)17;/h5-6,8,10,12-13,18-19,21-22H,3-4,7,9,11H2,1-2H3;1H/t13-,18+,19-;/m1./s1. The van der Waals surface area contributed by atoms with E-state index in [0.717, 1.165) is 35.2 Å². The molecule has 1 aliphatic heterocycles. The van der Waals surface area contributed by atoms with Crippen molar-refractivity contribution in [1.82, 2.24) is 10.3 Å². The van der Waals surface area contributed by atoms with Crippen LogP contribution in [0, 0.1) is 5.92 Å². The van der Waals surface area contributed by atoms with Gasteiger partial charge in [0.1, 0.15) is 5.75 Å². The predicted octanol–water partition coefficient (Wildman–Crippen LogP) is 3.87. The SMILES string of the molecule is CCC[C@@H]1CCN[C@H]([C@H](O)c2ccnc3ccc(OC)cc23)C1.Cl. The van der Waals surface area contributed by atoms with Crippen molar-refractivity contribution in [2.75, 3.05) is 13.7 Å². The number of hydrogen-bond acceptors (Lipinski definition) is 4. The van der Waals surface area contributed by atoms with E-state index in [1.54, 1.807) is 13.3 Å². The molecule has 3 rings (SSSR count). The van der Waals surface area contributed by atoms with Gasteiger partial charge in [0.05, 0.1) is 18.7 Å². The Hall–Kier alpha value is -1.36. The molecule has 1 saturated heterocycles. The lowest BCUT2D eigenvalue weighted by molar-refractivity contribution is 0.0979. The van der Waals surface area contributed by atoms with Gasteiger partial charge in [-0.15, -0.1) is 12.4 Å². The molecule has 0 spiro atoms. The van der Waals surface area contributed by atoms with Gasteiger partial charge in [0.15, 0.2) is 0 Å². The maximum atomic E-state index is 11.0. The van der Waals surface area contributed by atoms with Crippen LogP contribution in [0.1, 0.15) is 44.3 Å². The van der Waals surface area contributed by atoms with E-state index < -0.39 is 6.10 Å². The van der Waals surface area contributed by atoms with Gasteiger partial charge < -0.3 is 15.2 Å². The molecule has 1 aromatic heterocycles. The third-order valence-electron chi connectivity index (χ3n) is 4.93. The van der Waals surface area contributed by atoms with Crippen LogP contribution >= 0.6 is 12.4 Å². The molecule has 0 bridgehead atoms. The highest BCUT2D eigenvalue weighted by atomic mass is 35.5. The van der Waals surface area contributed by atoms with Gasteiger partial charge in [-0.3, -0.25) is 4.98 Å². The Morgan fingerprint density at radius 1 is 1.38 bits per heavy atom. The summed E-state index contributed by atoms with van der Waals surface area (Å²) < 4.78 is 5.33. The molecule has 2 aromatic rings. The van der Waals surface area contributed by atoms with Gasteiger partial charge in [-0.2, -0.15) is 0 Å². The minimum absolute atomic E-state index is 0. The van der Waals surface area contributed by atoms with Crippen LogP contribution in [-0.4, -0.2) is 29.8 Å². The van der Waals surface area contributed by atoms with Crippen molar-refractivity contribution in [2.24, 2.45) is 5.92 Å². The van der Waals surface area contributed by atoms with E-state index in [4.69, 9.17) is 4.74 Å². The number of aliphatic hydroxyl groups excluding tert-OH is 1. The lowest BCUT2D eigenvalue weighted by Gasteiger charge is -2.33. The number of hydrogen-bond donors (Lipinski definition) is 2. The number of nitrogens with zero attached hydrogens (tertiary/aromatic N) is 1. The number of methoxy groups -OCH3 is 1. The van der Waals surface area contributed by atoms with Gasteiger partial charge in [-0.25, -0.2) is 0 Å². The molecule has 0 aliphatic carbocycles. The summed E-state index contributed by atoms with van der Waals surface area (Å²) in [6, 6.07) is 7.85. The molecule has 1 fully saturated rings. The zero-order valence-electron chi connectivity index (χ0n) is 14.4. The second-order valence-electron chi connectivity index (χ2n) is 6.47. The number of aliphatic hydroxyl groups is 1. The number of rotatable bonds is 5. The van der Waals surface area contributed by atoms with Gasteiger partial charge in [0.25, 0.3) is 0 Å². The average Bonchev–Trinajstić information content (AvgIpc) is 2.60. The minimum atomic E-state index is -0.521.